The van der Waals surface area contributed by atoms with Crippen LogP contribution in [0.15, 0.2) is 0 Å². The highest BCUT2D eigenvalue weighted by Crippen LogP contribution is 2.22. The number of nitrogens with one attached hydrogen (secondary N) is 2. The molecule has 18 heavy (non-hydrogen) atoms. The number of alkyl halides is 3. The molecular formula is C12H21F3N2O. The van der Waals surface area contributed by atoms with E-state index >= 15 is 0 Å². The Kier molecular flexibility index (Phi) is 5.44. The van der Waals surface area contributed by atoms with Gasteiger partial charge in [-0.25, -0.2) is 0 Å². The number of rotatable bonds is 7. The standard InChI is InChI=1S/C12H21F3N2O/c1-8(4-3-7-12(13,14)15)16-9(2)11(18)17-10-5-6-10/h8-10,16H,3-7H2,1-2H3,(H,17,18). The normalized spacial score (nSPS) is 19.4. The Morgan fingerprint density at radius 1 is 1.33 bits per heavy atom. The predicted octanol–water partition coefficient (Wildman–Crippen LogP) is 2.36. The van der Waals surface area contributed by atoms with Gasteiger partial charge >= 0.3 is 6.18 Å². The van der Waals surface area contributed by atoms with E-state index in [9.17, 15) is 18.0 Å². The van der Waals surface area contributed by atoms with Crippen molar-refractivity contribution in [2.75, 3.05) is 0 Å². The molecule has 6 heteroatoms. The fraction of sp³-hybridized carbons (Fsp3) is 0.917. The quantitative estimate of drug-likeness (QED) is 0.742. The fourth-order valence-electron chi connectivity index (χ4n) is 1.75. The second kappa shape index (κ2) is 6.41. The maximum absolute atomic E-state index is 12.0. The lowest BCUT2D eigenvalue weighted by Crippen LogP contribution is -2.46. The lowest BCUT2D eigenvalue weighted by Gasteiger charge is -2.19. The highest BCUT2D eigenvalue weighted by molar-refractivity contribution is 5.81. The van der Waals surface area contributed by atoms with Crippen LogP contribution >= 0.6 is 0 Å². The summed E-state index contributed by atoms with van der Waals surface area (Å²) in [6.07, 6.45) is -2.29. The summed E-state index contributed by atoms with van der Waals surface area (Å²) in [7, 11) is 0. The van der Waals surface area contributed by atoms with E-state index in [1.54, 1.807) is 13.8 Å². The predicted molar refractivity (Wildman–Crippen MR) is 63.1 cm³/mol. The van der Waals surface area contributed by atoms with Gasteiger partial charge in [0.2, 0.25) is 5.91 Å². The van der Waals surface area contributed by atoms with E-state index in [0.717, 1.165) is 12.8 Å². The SMILES string of the molecule is CC(CCCC(F)(F)F)NC(C)C(=O)NC1CC1. The number of carbonyl (C=O) groups is 1. The molecular weight excluding hydrogens is 245 g/mol. The van der Waals surface area contributed by atoms with Crippen LogP contribution in [-0.2, 0) is 4.79 Å². The van der Waals surface area contributed by atoms with Crippen molar-refractivity contribution in [2.24, 2.45) is 0 Å². The lowest BCUT2D eigenvalue weighted by molar-refractivity contribution is -0.136. The Bertz CT molecular complexity index is 277. The minimum Gasteiger partial charge on any atom is -0.352 e. The molecule has 0 spiro atoms. The van der Waals surface area contributed by atoms with Crippen LogP contribution in [0.3, 0.4) is 0 Å². The Balaban J connectivity index is 2.13. The molecule has 1 aliphatic rings. The molecule has 1 saturated carbocycles. The fourth-order valence-corrected chi connectivity index (χ4v) is 1.75. The lowest BCUT2D eigenvalue weighted by atomic mass is 10.1. The summed E-state index contributed by atoms with van der Waals surface area (Å²) in [6, 6.07) is -0.138. The first-order valence-corrected chi connectivity index (χ1v) is 6.41. The smallest absolute Gasteiger partial charge is 0.352 e. The van der Waals surface area contributed by atoms with Gasteiger partial charge in [0.05, 0.1) is 6.04 Å². The average Bonchev–Trinajstić information content (AvgIpc) is 2.99. The summed E-state index contributed by atoms with van der Waals surface area (Å²) < 4.78 is 35.9. The zero-order chi connectivity index (χ0) is 13.8. The van der Waals surface area contributed by atoms with Crippen molar-refractivity contribution >= 4 is 5.91 Å². The van der Waals surface area contributed by atoms with Gasteiger partial charge in [0.1, 0.15) is 0 Å². The minimum absolute atomic E-state index is 0.0693. The van der Waals surface area contributed by atoms with Crippen molar-refractivity contribution in [2.45, 2.75) is 70.3 Å². The second-order valence-electron chi connectivity index (χ2n) is 5.08. The van der Waals surface area contributed by atoms with Crippen molar-refractivity contribution in [3.8, 4) is 0 Å². The minimum atomic E-state index is -4.09. The van der Waals surface area contributed by atoms with Crippen LogP contribution in [-0.4, -0.2) is 30.2 Å². The third kappa shape index (κ3) is 6.83. The monoisotopic (exact) mass is 266 g/mol. The van der Waals surface area contributed by atoms with Crippen LogP contribution < -0.4 is 10.6 Å². The molecule has 0 aromatic carbocycles. The molecule has 2 N–H and O–H groups in total. The summed E-state index contributed by atoms with van der Waals surface area (Å²) in [5, 5.41) is 5.88. The molecule has 0 aromatic rings. The zero-order valence-corrected chi connectivity index (χ0v) is 10.8. The Morgan fingerprint density at radius 2 is 1.94 bits per heavy atom. The van der Waals surface area contributed by atoms with Crippen molar-refractivity contribution < 1.29 is 18.0 Å². The molecule has 2 unspecified atom stereocenters. The van der Waals surface area contributed by atoms with E-state index < -0.39 is 12.6 Å². The highest BCUT2D eigenvalue weighted by atomic mass is 19.4. The molecule has 2 atom stereocenters. The molecule has 1 aliphatic carbocycles. The number of carbonyl (C=O) groups excluding carboxylic acids is 1. The molecule has 0 aliphatic heterocycles. The molecule has 0 radical (unpaired) electrons. The van der Waals surface area contributed by atoms with Crippen LogP contribution in [0.2, 0.25) is 0 Å². The molecule has 0 heterocycles. The summed E-state index contributed by atoms with van der Waals surface area (Å²) >= 11 is 0. The van der Waals surface area contributed by atoms with Gasteiger partial charge in [0, 0.05) is 18.5 Å². The van der Waals surface area contributed by atoms with E-state index in [4.69, 9.17) is 0 Å². The van der Waals surface area contributed by atoms with Crippen LogP contribution in [0.5, 0.6) is 0 Å². The maximum Gasteiger partial charge on any atom is 0.389 e. The van der Waals surface area contributed by atoms with Gasteiger partial charge in [0.15, 0.2) is 0 Å². The van der Waals surface area contributed by atoms with E-state index in [0.29, 0.717) is 12.5 Å². The third-order valence-electron chi connectivity index (χ3n) is 2.95. The van der Waals surface area contributed by atoms with E-state index in [1.807, 2.05) is 0 Å². The average molecular weight is 266 g/mol. The Labute approximate surface area is 106 Å². The van der Waals surface area contributed by atoms with Gasteiger partial charge in [-0.2, -0.15) is 13.2 Å². The Morgan fingerprint density at radius 3 is 2.44 bits per heavy atom. The van der Waals surface area contributed by atoms with Crippen molar-refractivity contribution in [1.29, 1.82) is 0 Å². The first-order chi connectivity index (χ1) is 8.28. The first kappa shape index (κ1) is 15.3. The van der Waals surface area contributed by atoms with Crippen molar-refractivity contribution in [3.05, 3.63) is 0 Å². The summed E-state index contributed by atoms with van der Waals surface area (Å²) in [5.74, 6) is -0.0693. The summed E-state index contributed by atoms with van der Waals surface area (Å²) in [6.45, 7) is 3.54. The molecule has 1 rings (SSSR count). The zero-order valence-electron chi connectivity index (χ0n) is 10.8. The van der Waals surface area contributed by atoms with E-state index in [2.05, 4.69) is 10.6 Å². The van der Waals surface area contributed by atoms with Crippen LogP contribution in [0.1, 0.15) is 46.0 Å². The van der Waals surface area contributed by atoms with Crippen LogP contribution in [0.4, 0.5) is 13.2 Å². The highest BCUT2D eigenvalue weighted by Gasteiger charge is 2.27. The topological polar surface area (TPSA) is 41.1 Å². The van der Waals surface area contributed by atoms with Gasteiger partial charge in [-0.1, -0.05) is 0 Å². The Hall–Kier alpha value is -0.780. The number of hydrogen-bond acceptors (Lipinski definition) is 2. The van der Waals surface area contributed by atoms with Gasteiger partial charge in [-0.3, -0.25) is 4.79 Å². The van der Waals surface area contributed by atoms with Gasteiger partial charge in [-0.15, -0.1) is 0 Å². The number of amides is 1. The summed E-state index contributed by atoms with van der Waals surface area (Å²) in [4.78, 5) is 11.6. The molecule has 0 aromatic heterocycles. The van der Waals surface area contributed by atoms with Gasteiger partial charge in [0.25, 0.3) is 0 Å². The molecule has 106 valence electrons. The largest absolute Gasteiger partial charge is 0.389 e. The van der Waals surface area contributed by atoms with E-state index in [1.165, 1.54) is 0 Å². The number of hydrogen-bond donors (Lipinski definition) is 2. The molecule has 1 fully saturated rings. The third-order valence-corrected chi connectivity index (χ3v) is 2.95. The van der Waals surface area contributed by atoms with Crippen molar-refractivity contribution in [1.82, 2.24) is 10.6 Å². The molecule has 0 bridgehead atoms. The van der Waals surface area contributed by atoms with Crippen LogP contribution in [0.25, 0.3) is 0 Å². The second-order valence-corrected chi connectivity index (χ2v) is 5.08. The van der Waals surface area contributed by atoms with E-state index in [-0.39, 0.29) is 24.4 Å². The molecule has 0 saturated heterocycles. The molecule has 3 nitrogen and oxygen atoms in total. The summed E-state index contributed by atoms with van der Waals surface area (Å²) in [5.41, 5.74) is 0. The van der Waals surface area contributed by atoms with Crippen molar-refractivity contribution in [3.63, 3.8) is 0 Å². The number of halogens is 3. The first-order valence-electron chi connectivity index (χ1n) is 6.41. The van der Waals surface area contributed by atoms with Crippen LogP contribution in [0, 0.1) is 0 Å². The van der Waals surface area contributed by atoms with Gasteiger partial charge in [-0.05, 0) is 39.5 Å². The maximum atomic E-state index is 12.0. The molecule has 1 amide bonds. The van der Waals surface area contributed by atoms with Gasteiger partial charge < -0.3 is 10.6 Å².